The van der Waals surface area contributed by atoms with E-state index < -0.39 is 6.10 Å². The van der Waals surface area contributed by atoms with E-state index >= 15 is 0 Å². The Bertz CT molecular complexity index is 713. The predicted octanol–water partition coefficient (Wildman–Crippen LogP) is 3.42. The van der Waals surface area contributed by atoms with Crippen LogP contribution in [-0.2, 0) is 6.42 Å². The number of nitrogens with one attached hydrogen (secondary N) is 1. The van der Waals surface area contributed by atoms with E-state index in [0.29, 0.717) is 16.5 Å². The maximum Gasteiger partial charge on any atom is 0.208 e. The maximum atomic E-state index is 12.8. The summed E-state index contributed by atoms with van der Waals surface area (Å²) in [7, 11) is 0. The predicted molar refractivity (Wildman–Crippen MR) is 85.6 cm³/mol. The molecule has 0 bridgehead atoms. The zero-order chi connectivity index (χ0) is 15.4. The fourth-order valence-electron chi connectivity index (χ4n) is 1.93. The van der Waals surface area contributed by atoms with Crippen LogP contribution in [0, 0.1) is 5.82 Å². The lowest BCUT2D eigenvalue weighted by Crippen LogP contribution is -2.00. The Morgan fingerprint density at radius 3 is 2.82 bits per heavy atom. The standard InChI is InChI=1S/C15H14FN3OS2/c16-11-5-3-10(4-6-11)13(20)9-22-15-17-14(18-19-15)8-12-2-1-7-21-12/h1-7,13,20H,8-9H2,(H,17,18,19). The van der Waals surface area contributed by atoms with E-state index in [0.717, 1.165) is 12.2 Å². The molecular weight excluding hydrogens is 321 g/mol. The highest BCUT2D eigenvalue weighted by molar-refractivity contribution is 7.99. The second kappa shape index (κ2) is 7.04. The van der Waals surface area contributed by atoms with Crippen LogP contribution in [0.5, 0.6) is 0 Å². The van der Waals surface area contributed by atoms with Gasteiger partial charge >= 0.3 is 0 Å². The van der Waals surface area contributed by atoms with Crippen molar-refractivity contribution in [1.29, 1.82) is 0 Å². The smallest absolute Gasteiger partial charge is 0.208 e. The summed E-state index contributed by atoms with van der Waals surface area (Å²) < 4.78 is 12.8. The number of aliphatic hydroxyl groups is 1. The van der Waals surface area contributed by atoms with Crippen LogP contribution in [0.15, 0.2) is 46.9 Å². The Balaban J connectivity index is 1.55. The molecule has 2 heterocycles. The number of H-pyrrole nitrogens is 1. The number of benzene rings is 1. The van der Waals surface area contributed by atoms with Gasteiger partial charge in [-0.2, -0.15) is 0 Å². The lowest BCUT2D eigenvalue weighted by atomic mass is 10.1. The first-order valence-corrected chi connectivity index (χ1v) is 8.57. The van der Waals surface area contributed by atoms with Crippen LogP contribution >= 0.6 is 23.1 Å². The zero-order valence-electron chi connectivity index (χ0n) is 11.6. The Hall–Kier alpha value is -1.70. The second-order valence-electron chi connectivity index (χ2n) is 4.70. The Morgan fingerprint density at radius 1 is 1.27 bits per heavy atom. The Kier molecular flexibility index (Phi) is 4.87. The van der Waals surface area contributed by atoms with Crippen molar-refractivity contribution in [2.45, 2.75) is 17.7 Å². The summed E-state index contributed by atoms with van der Waals surface area (Å²) in [5, 5.41) is 19.8. The SMILES string of the molecule is OC(CSc1n[nH]c(Cc2cccs2)n1)c1ccc(F)cc1. The van der Waals surface area contributed by atoms with E-state index in [1.807, 2.05) is 11.4 Å². The number of thioether (sulfide) groups is 1. The molecule has 0 radical (unpaired) electrons. The average Bonchev–Trinajstić information content (AvgIpc) is 3.18. The molecule has 0 aliphatic carbocycles. The summed E-state index contributed by atoms with van der Waals surface area (Å²) in [6.07, 6.45) is 0.0519. The van der Waals surface area contributed by atoms with E-state index in [-0.39, 0.29) is 5.82 Å². The minimum atomic E-state index is -0.676. The zero-order valence-corrected chi connectivity index (χ0v) is 13.2. The van der Waals surface area contributed by atoms with Gasteiger partial charge in [0.15, 0.2) is 0 Å². The van der Waals surface area contributed by atoms with Gasteiger partial charge in [0.2, 0.25) is 5.16 Å². The van der Waals surface area contributed by atoms with Gasteiger partial charge in [0.1, 0.15) is 11.6 Å². The molecule has 0 aliphatic rings. The largest absolute Gasteiger partial charge is 0.388 e. The van der Waals surface area contributed by atoms with Crippen molar-refractivity contribution < 1.29 is 9.50 Å². The van der Waals surface area contributed by atoms with Crippen molar-refractivity contribution in [1.82, 2.24) is 15.2 Å². The van der Waals surface area contributed by atoms with Crippen LogP contribution in [0.4, 0.5) is 4.39 Å². The number of hydrogen-bond donors (Lipinski definition) is 2. The van der Waals surface area contributed by atoms with Gasteiger partial charge in [0.25, 0.3) is 0 Å². The molecule has 22 heavy (non-hydrogen) atoms. The first-order chi connectivity index (χ1) is 10.7. The highest BCUT2D eigenvalue weighted by atomic mass is 32.2. The molecule has 0 spiro atoms. The second-order valence-corrected chi connectivity index (χ2v) is 6.72. The lowest BCUT2D eigenvalue weighted by Gasteiger charge is -2.08. The van der Waals surface area contributed by atoms with E-state index in [9.17, 15) is 9.50 Å². The van der Waals surface area contributed by atoms with Crippen molar-refractivity contribution >= 4 is 23.1 Å². The van der Waals surface area contributed by atoms with Crippen molar-refractivity contribution in [3.05, 3.63) is 63.9 Å². The van der Waals surface area contributed by atoms with Crippen LogP contribution in [0.25, 0.3) is 0 Å². The normalized spacial score (nSPS) is 12.5. The van der Waals surface area contributed by atoms with Crippen molar-refractivity contribution in [3.8, 4) is 0 Å². The van der Waals surface area contributed by atoms with Gasteiger partial charge < -0.3 is 5.11 Å². The van der Waals surface area contributed by atoms with E-state index in [1.165, 1.54) is 28.8 Å². The third-order valence-electron chi connectivity index (χ3n) is 3.06. The number of rotatable bonds is 6. The molecule has 3 aromatic rings. The molecule has 7 heteroatoms. The number of aromatic nitrogens is 3. The summed E-state index contributed by atoms with van der Waals surface area (Å²) in [5.74, 6) is 0.916. The van der Waals surface area contributed by atoms with E-state index in [2.05, 4.69) is 21.2 Å². The van der Waals surface area contributed by atoms with Crippen LogP contribution in [-0.4, -0.2) is 26.0 Å². The van der Waals surface area contributed by atoms with Gasteiger partial charge in [0.05, 0.1) is 6.10 Å². The molecule has 2 N–H and O–H groups in total. The first-order valence-electron chi connectivity index (χ1n) is 6.70. The van der Waals surface area contributed by atoms with Crippen molar-refractivity contribution in [2.75, 3.05) is 5.75 Å². The Labute approximate surface area is 135 Å². The monoisotopic (exact) mass is 335 g/mol. The number of thiophene rings is 1. The molecule has 1 aromatic carbocycles. The van der Waals surface area contributed by atoms with Crippen LogP contribution < -0.4 is 0 Å². The molecule has 1 unspecified atom stereocenters. The van der Waals surface area contributed by atoms with Crippen molar-refractivity contribution in [3.63, 3.8) is 0 Å². The molecule has 0 saturated carbocycles. The van der Waals surface area contributed by atoms with Gasteiger partial charge in [-0.1, -0.05) is 30.0 Å². The minimum Gasteiger partial charge on any atom is -0.388 e. The number of aromatic amines is 1. The molecule has 3 rings (SSSR count). The van der Waals surface area contributed by atoms with E-state index in [4.69, 9.17) is 0 Å². The number of halogens is 1. The summed E-state index contributed by atoms with van der Waals surface area (Å²) >= 11 is 3.05. The average molecular weight is 335 g/mol. The molecular formula is C15H14FN3OS2. The number of hydrogen-bond acceptors (Lipinski definition) is 5. The molecule has 0 fully saturated rings. The maximum absolute atomic E-state index is 12.8. The summed E-state index contributed by atoms with van der Waals surface area (Å²) in [6.45, 7) is 0. The van der Waals surface area contributed by atoms with Gasteiger partial charge in [-0.3, -0.25) is 5.10 Å². The highest BCUT2D eigenvalue weighted by Crippen LogP contribution is 2.23. The number of aliphatic hydroxyl groups excluding tert-OH is 1. The van der Waals surface area contributed by atoms with Gasteiger partial charge in [-0.15, -0.1) is 16.4 Å². The topological polar surface area (TPSA) is 61.8 Å². The fourth-order valence-corrected chi connectivity index (χ4v) is 3.43. The summed E-state index contributed by atoms with van der Waals surface area (Å²) in [6, 6.07) is 9.91. The van der Waals surface area contributed by atoms with Crippen LogP contribution in [0.3, 0.4) is 0 Å². The molecule has 2 aromatic heterocycles. The Morgan fingerprint density at radius 2 is 2.09 bits per heavy atom. The number of nitrogens with zero attached hydrogens (tertiary/aromatic N) is 2. The summed E-state index contributed by atoms with van der Waals surface area (Å²) in [5.41, 5.74) is 0.684. The highest BCUT2D eigenvalue weighted by Gasteiger charge is 2.11. The van der Waals surface area contributed by atoms with Crippen LogP contribution in [0.1, 0.15) is 22.4 Å². The molecule has 114 valence electrons. The fraction of sp³-hybridized carbons (Fsp3) is 0.200. The molecule has 1 atom stereocenters. The minimum absolute atomic E-state index is 0.309. The molecule has 0 amide bonds. The van der Waals surface area contributed by atoms with E-state index in [1.54, 1.807) is 23.5 Å². The third kappa shape index (κ3) is 3.94. The molecule has 4 nitrogen and oxygen atoms in total. The lowest BCUT2D eigenvalue weighted by molar-refractivity contribution is 0.204. The molecule has 0 aliphatic heterocycles. The van der Waals surface area contributed by atoms with Gasteiger partial charge in [0, 0.05) is 17.1 Å². The first kappa shape index (κ1) is 15.2. The quantitative estimate of drug-likeness (QED) is 0.678. The third-order valence-corrected chi connectivity index (χ3v) is 4.86. The van der Waals surface area contributed by atoms with Crippen molar-refractivity contribution in [2.24, 2.45) is 0 Å². The van der Waals surface area contributed by atoms with Gasteiger partial charge in [-0.05, 0) is 29.1 Å². The molecule has 0 saturated heterocycles. The summed E-state index contributed by atoms with van der Waals surface area (Å²) in [4.78, 5) is 5.62. The van der Waals surface area contributed by atoms with Gasteiger partial charge in [-0.25, -0.2) is 9.37 Å². The van der Waals surface area contributed by atoms with Crippen LogP contribution in [0.2, 0.25) is 0 Å².